The topological polar surface area (TPSA) is 84.5 Å². The van der Waals surface area contributed by atoms with Crippen LogP contribution in [0.4, 0.5) is 11.4 Å². The van der Waals surface area contributed by atoms with Crippen molar-refractivity contribution < 1.29 is 19.1 Å². The highest BCUT2D eigenvalue weighted by Gasteiger charge is 2.14. The number of esters is 1. The number of hydrogen-bond donors (Lipinski definition) is 2. The molecule has 7 heteroatoms. The van der Waals surface area contributed by atoms with Crippen molar-refractivity contribution in [3.8, 4) is 0 Å². The molecule has 2 rings (SSSR count). The number of hydrogen-bond acceptors (Lipinski definition) is 5. The van der Waals surface area contributed by atoms with Gasteiger partial charge in [0.25, 0.3) is 5.91 Å². The Kier molecular flexibility index (Phi) is 7.23. The third-order valence-electron chi connectivity index (χ3n) is 3.40. The van der Waals surface area contributed by atoms with E-state index in [1.54, 1.807) is 30.3 Å². The van der Waals surface area contributed by atoms with E-state index in [0.717, 1.165) is 17.3 Å². The van der Waals surface area contributed by atoms with Gasteiger partial charge >= 0.3 is 5.97 Å². The zero-order chi connectivity index (χ0) is 18.9. The van der Waals surface area contributed by atoms with Crippen LogP contribution in [0.3, 0.4) is 0 Å². The van der Waals surface area contributed by atoms with Crippen molar-refractivity contribution in [2.75, 3.05) is 29.2 Å². The minimum Gasteiger partial charge on any atom is -0.468 e. The third kappa shape index (κ3) is 5.93. The molecule has 0 aliphatic rings. The highest BCUT2D eigenvalue weighted by Crippen LogP contribution is 2.18. The van der Waals surface area contributed by atoms with Crippen molar-refractivity contribution in [3.05, 3.63) is 59.7 Å². The molecular formula is C19H20N2O4S. The molecule has 2 aromatic rings. The second-order valence-corrected chi connectivity index (χ2v) is 6.47. The summed E-state index contributed by atoms with van der Waals surface area (Å²) in [7, 11) is 1.30. The van der Waals surface area contributed by atoms with E-state index in [0.29, 0.717) is 16.9 Å². The molecule has 6 nitrogen and oxygen atoms in total. The molecule has 0 aliphatic heterocycles. The lowest BCUT2D eigenvalue weighted by molar-refractivity contribution is -0.137. The van der Waals surface area contributed by atoms with Gasteiger partial charge in [-0.05, 0) is 36.8 Å². The largest absolute Gasteiger partial charge is 0.468 e. The average molecular weight is 372 g/mol. The number of carbonyl (C=O) groups is 3. The maximum absolute atomic E-state index is 12.5. The number of anilines is 2. The van der Waals surface area contributed by atoms with Crippen LogP contribution in [0.25, 0.3) is 0 Å². The van der Waals surface area contributed by atoms with E-state index >= 15 is 0 Å². The van der Waals surface area contributed by atoms with E-state index in [1.165, 1.54) is 7.11 Å². The van der Waals surface area contributed by atoms with Crippen molar-refractivity contribution in [1.82, 2.24) is 0 Å². The molecular weight excluding hydrogens is 352 g/mol. The second kappa shape index (κ2) is 9.62. The Hall–Kier alpha value is -2.80. The van der Waals surface area contributed by atoms with Crippen molar-refractivity contribution in [1.29, 1.82) is 0 Å². The summed E-state index contributed by atoms with van der Waals surface area (Å²) in [6.07, 6.45) is 0. The SMILES string of the molecule is COC(=O)CSCC(=O)Nc1ccccc1C(=O)Nc1cccc(C)c1. The molecule has 0 saturated heterocycles. The van der Waals surface area contributed by atoms with Crippen molar-refractivity contribution in [2.24, 2.45) is 0 Å². The first-order valence-corrected chi connectivity index (χ1v) is 9.06. The summed E-state index contributed by atoms with van der Waals surface area (Å²) < 4.78 is 4.52. The molecule has 0 aromatic heterocycles. The van der Waals surface area contributed by atoms with Crippen LogP contribution in [-0.2, 0) is 14.3 Å². The Morgan fingerprint density at radius 1 is 1.00 bits per heavy atom. The third-order valence-corrected chi connectivity index (χ3v) is 4.31. The van der Waals surface area contributed by atoms with Gasteiger partial charge in [-0.3, -0.25) is 14.4 Å². The first-order chi connectivity index (χ1) is 12.5. The summed E-state index contributed by atoms with van der Waals surface area (Å²) in [6, 6.07) is 14.2. The van der Waals surface area contributed by atoms with Gasteiger partial charge in [0.1, 0.15) is 0 Å². The molecule has 2 aromatic carbocycles. The van der Waals surface area contributed by atoms with Crippen molar-refractivity contribution in [2.45, 2.75) is 6.92 Å². The maximum Gasteiger partial charge on any atom is 0.315 e. The minimum atomic E-state index is -0.388. The van der Waals surface area contributed by atoms with Crippen LogP contribution < -0.4 is 10.6 Å². The Bertz CT molecular complexity index is 808. The number of methoxy groups -OCH3 is 1. The first kappa shape index (κ1) is 19.5. The van der Waals surface area contributed by atoms with Gasteiger partial charge in [0.2, 0.25) is 5.91 Å². The number of benzene rings is 2. The van der Waals surface area contributed by atoms with Crippen LogP contribution >= 0.6 is 11.8 Å². The summed E-state index contributed by atoms with van der Waals surface area (Å²) in [5.41, 5.74) is 2.50. The number of rotatable bonds is 7. The summed E-state index contributed by atoms with van der Waals surface area (Å²) in [5, 5.41) is 5.53. The fraction of sp³-hybridized carbons (Fsp3) is 0.211. The fourth-order valence-electron chi connectivity index (χ4n) is 2.18. The Labute approximate surface area is 156 Å². The van der Waals surface area contributed by atoms with E-state index in [2.05, 4.69) is 15.4 Å². The summed E-state index contributed by atoms with van der Waals surface area (Å²) in [6.45, 7) is 1.94. The van der Waals surface area contributed by atoms with Gasteiger partial charge in [-0.15, -0.1) is 11.8 Å². The van der Waals surface area contributed by atoms with Crippen LogP contribution in [0.1, 0.15) is 15.9 Å². The van der Waals surface area contributed by atoms with E-state index in [9.17, 15) is 14.4 Å². The number of thioether (sulfide) groups is 1. The Morgan fingerprint density at radius 2 is 1.77 bits per heavy atom. The monoisotopic (exact) mass is 372 g/mol. The maximum atomic E-state index is 12.5. The molecule has 0 heterocycles. The molecule has 0 spiro atoms. The normalized spacial score (nSPS) is 10.1. The zero-order valence-corrected chi connectivity index (χ0v) is 15.4. The molecule has 0 aliphatic carbocycles. The van der Waals surface area contributed by atoms with Crippen LogP contribution in [0.5, 0.6) is 0 Å². The number of nitrogens with one attached hydrogen (secondary N) is 2. The molecule has 0 atom stereocenters. The highest BCUT2D eigenvalue weighted by molar-refractivity contribution is 8.00. The van der Waals surface area contributed by atoms with Gasteiger partial charge in [0.05, 0.1) is 29.9 Å². The average Bonchev–Trinajstić information content (AvgIpc) is 2.62. The summed E-state index contributed by atoms with van der Waals surface area (Å²) in [4.78, 5) is 35.7. The van der Waals surface area contributed by atoms with E-state index in [-0.39, 0.29) is 29.3 Å². The number of aryl methyl sites for hydroxylation is 1. The van der Waals surface area contributed by atoms with Crippen LogP contribution in [-0.4, -0.2) is 36.4 Å². The molecule has 0 bridgehead atoms. The van der Waals surface area contributed by atoms with Gasteiger partial charge in [-0.2, -0.15) is 0 Å². The smallest absolute Gasteiger partial charge is 0.315 e. The van der Waals surface area contributed by atoms with Gasteiger partial charge in [0, 0.05) is 5.69 Å². The number of carbonyl (C=O) groups excluding carboxylic acids is 3. The molecule has 2 N–H and O–H groups in total. The van der Waals surface area contributed by atoms with E-state index in [1.807, 2.05) is 25.1 Å². The first-order valence-electron chi connectivity index (χ1n) is 7.91. The summed E-state index contributed by atoms with van der Waals surface area (Å²) in [5.74, 6) is -0.813. The predicted molar refractivity (Wildman–Crippen MR) is 104 cm³/mol. The van der Waals surface area contributed by atoms with E-state index < -0.39 is 0 Å². The number of amides is 2. The van der Waals surface area contributed by atoms with Crippen LogP contribution in [0.15, 0.2) is 48.5 Å². The lowest BCUT2D eigenvalue weighted by Crippen LogP contribution is -2.20. The zero-order valence-electron chi connectivity index (χ0n) is 14.6. The molecule has 0 saturated carbocycles. The van der Waals surface area contributed by atoms with Gasteiger partial charge in [0.15, 0.2) is 0 Å². The summed E-state index contributed by atoms with van der Waals surface area (Å²) >= 11 is 1.14. The van der Waals surface area contributed by atoms with Crippen molar-refractivity contribution >= 4 is 40.9 Å². The molecule has 0 fully saturated rings. The van der Waals surface area contributed by atoms with Gasteiger partial charge in [-0.25, -0.2) is 0 Å². The quantitative estimate of drug-likeness (QED) is 0.730. The van der Waals surface area contributed by atoms with Gasteiger partial charge < -0.3 is 15.4 Å². The Morgan fingerprint density at radius 3 is 2.50 bits per heavy atom. The minimum absolute atomic E-state index is 0.0862. The fourth-order valence-corrected chi connectivity index (χ4v) is 2.83. The Balaban J connectivity index is 2.01. The van der Waals surface area contributed by atoms with Gasteiger partial charge in [-0.1, -0.05) is 24.3 Å². The number of para-hydroxylation sites is 1. The second-order valence-electron chi connectivity index (χ2n) is 5.49. The number of ether oxygens (including phenoxy) is 1. The molecule has 136 valence electrons. The predicted octanol–water partition coefficient (Wildman–Crippen LogP) is 3.09. The lowest BCUT2D eigenvalue weighted by atomic mass is 10.1. The van der Waals surface area contributed by atoms with Crippen LogP contribution in [0, 0.1) is 6.92 Å². The van der Waals surface area contributed by atoms with Crippen LogP contribution in [0.2, 0.25) is 0 Å². The molecule has 0 radical (unpaired) electrons. The van der Waals surface area contributed by atoms with Crippen molar-refractivity contribution in [3.63, 3.8) is 0 Å². The highest BCUT2D eigenvalue weighted by atomic mass is 32.2. The van der Waals surface area contributed by atoms with E-state index in [4.69, 9.17) is 0 Å². The molecule has 0 unspecified atom stereocenters. The molecule has 26 heavy (non-hydrogen) atoms. The molecule has 2 amide bonds. The standard InChI is InChI=1S/C19H20N2O4S/c1-13-6-5-7-14(10-13)20-19(24)15-8-3-4-9-16(15)21-17(22)11-26-12-18(23)25-2/h3-10H,11-12H2,1-2H3,(H,20,24)(H,21,22). The lowest BCUT2D eigenvalue weighted by Gasteiger charge is -2.11.